The molecule has 0 unspecified atom stereocenters. The van der Waals surface area contributed by atoms with Crippen molar-refractivity contribution in [2.75, 3.05) is 0 Å². The summed E-state index contributed by atoms with van der Waals surface area (Å²) in [7, 11) is 0. The van der Waals surface area contributed by atoms with Gasteiger partial charge in [-0.2, -0.15) is 0 Å². The van der Waals surface area contributed by atoms with Crippen LogP contribution in [0.15, 0.2) is 78.1 Å². The Labute approximate surface area is 171 Å². The molecule has 0 aliphatic heterocycles. The number of fused-ring (bicyclic) bond motifs is 2. The van der Waals surface area contributed by atoms with Crippen LogP contribution in [0.3, 0.4) is 0 Å². The number of aryl methyl sites for hydroxylation is 1. The maximum Gasteiger partial charge on any atom is 0.137 e. The molecule has 0 amide bonds. The molecule has 0 saturated carbocycles. The van der Waals surface area contributed by atoms with Gasteiger partial charge in [0.15, 0.2) is 0 Å². The average Bonchev–Trinajstić information content (AvgIpc) is 3.14. The second-order valence-corrected chi connectivity index (χ2v) is 7.86. The number of hydrogen-bond acceptors (Lipinski definition) is 4. The molecule has 0 aliphatic carbocycles. The maximum atomic E-state index is 13.3. The van der Waals surface area contributed by atoms with E-state index in [0.29, 0.717) is 5.75 Å². The molecule has 0 fully saturated rings. The summed E-state index contributed by atoms with van der Waals surface area (Å²) in [6.07, 6.45) is 4.13. The molecule has 0 saturated heterocycles. The van der Waals surface area contributed by atoms with Crippen LogP contribution in [0, 0.1) is 12.7 Å². The van der Waals surface area contributed by atoms with Gasteiger partial charge in [0.25, 0.3) is 0 Å². The Kier molecular flexibility index (Phi) is 4.48. The number of aromatic nitrogens is 4. The fourth-order valence-corrected chi connectivity index (χ4v) is 4.23. The average molecular weight is 400 g/mol. The smallest absolute Gasteiger partial charge is 0.137 e. The number of thioether (sulfide) groups is 1. The first-order chi connectivity index (χ1) is 14.2. The lowest BCUT2D eigenvalue weighted by molar-refractivity contribution is 0.628. The van der Waals surface area contributed by atoms with E-state index in [-0.39, 0.29) is 5.82 Å². The number of halogens is 1. The molecule has 3 aromatic heterocycles. The Hall–Kier alpha value is -3.25. The van der Waals surface area contributed by atoms with Crippen LogP contribution in [0.25, 0.3) is 27.7 Å². The fourth-order valence-electron chi connectivity index (χ4n) is 3.37. The molecule has 0 N–H and O–H groups in total. The minimum atomic E-state index is -0.263. The van der Waals surface area contributed by atoms with E-state index in [1.165, 1.54) is 17.7 Å². The summed E-state index contributed by atoms with van der Waals surface area (Å²) in [5.41, 5.74) is 4.74. The highest BCUT2D eigenvalue weighted by Crippen LogP contribution is 2.33. The van der Waals surface area contributed by atoms with Gasteiger partial charge in [0.2, 0.25) is 0 Å². The van der Waals surface area contributed by atoms with Crippen LogP contribution in [-0.2, 0) is 5.75 Å². The quantitative estimate of drug-likeness (QED) is 0.364. The van der Waals surface area contributed by atoms with Crippen molar-refractivity contribution in [2.24, 2.45) is 0 Å². The van der Waals surface area contributed by atoms with Crippen molar-refractivity contribution in [1.29, 1.82) is 0 Å². The summed E-state index contributed by atoms with van der Waals surface area (Å²) < 4.78 is 15.3. The second kappa shape index (κ2) is 7.29. The van der Waals surface area contributed by atoms with Gasteiger partial charge in [0.05, 0.1) is 5.69 Å². The highest BCUT2D eigenvalue weighted by Gasteiger charge is 2.12. The van der Waals surface area contributed by atoms with Crippen molar-refractivity contribution in [1.82, 2.24) is 19.6 Å². The third-order valence-electron chi connectivity index (χ3n) is 4.78. The summed E-state index contributed by atoms with van der Waals surface area (Å²) in [5, 5.41) is 11.8. The Bertz CT molecular complexity index is 1330. The van der Waals surface area contributed by atoms with Gasteiger partial charge in [0.1, 0.15) is 22.2 Å². The lowest BCUT2D eigenvalue weighted by atomic mass is 10.1. The van der Waals surface area contributed by atoms with E-state index in [9.17, 15) is 4.39 Å². The van der Waals surface area contributed by atoms with Crippen LogP contribution in [0.2, 0.25) is 0 Å². The Balaban J connectivity index is 1.48. The summed E-state index contributed by atoms with van der Waals surface area (Å²) in [4.78, 5) is 4.68. The van der Waals surface area contributed by atoms with Gasteiger partial charge in [0, 0.05) is 34.5 Å². The van der Waals surface area contributed by atoms with Gasteiger partial charge >= 0.3 is 0 Å². The molecule has 4 nitrogen and oxygen atoms in total. The van der Waals surface area contributed by atoms with E-state index in [2.05, 4.69) is 40.6 Å². The third kappa shape index (κ3) is 3.47. The first kappa shape index (κ1) is 17.8. The Morgan fingerprint density at radius 1 is 0.897 bits per heavy atom. The van der Waals surface area contributed by atoms with E-state index in [4.69, 9.17) is 0 Å². The molecule has 3 heterocycles. The van der Waals surface area contributed by atoms with Crippen LogP contribution in [0.5, 0.6) is 0 Å². The molecule has 0 bridgehead atoms. The van der Waals surface area contributed by atoms with Gasteiger partial charge in [-0.3, -0.25) is 0 Å². The number of pyridine rings is 1. The number of benzene rings is 2. The third-order valence-corrected chi connectivity index (χ3v) is 5.79. The van der Waals surface area contributed by atoms with Crippen molar-refractivity contribution >= 4 is 28.2 Å². The molecule has 0 spiro atoms. The summed E-state index contributed by atoms with van der Waals surface area (Å²) in [5.74, 6) is 0.441. The molecule has 5 rings (SSSR count). The van der Waals surface area contributed by atoms with Crippen molar-refractivity contribution in [2.45, 2.75) is 17.7 Å². The largest absolute Gasteiger partial charge is 0.307 e. The van der Waals surface area contributed by atoms with E-state index >= 15 is 0 Å². The number of nitrogens with zero attached hydrogens (tertiary/aromatic N) is 4. The minimum absolute atomic E-state index is 0.263. The molecule has 142 valence electrons. The van der Waals surface area contributed by atoms with Crippen molar-refractivity contribution in [3.63, 3.8) is 0 Å². The van der Waals surface area contributed by atoms with Crippen molar-refractivity contribution in [3.8, 4) is 11.3 Å². The number of hydrogen-bond donors (Lipinski definition) is 0. The highest BCUT2D eigenvalue weighted by molar-refractivity contribution is 7.98. The molecule has 0 aliphatic rings. The zero-order chi connectivity index (χ0) is 19.8. The van der Waals surface area contributed by atoms with Gasteiger partial charge < -0.3 is 4.40 Å². The molecule has 5 aromatic rings. The summed E-state index contributed by atoms with van der Waals surface area (Å²) >= 11 is 1.62. The van der Waals surface area contributed by atoms with Gasteiger partial charge in [-0.1, -0.05) is 42.1 Å². The van der Waals surface area contributed by atoms with Crippen molar-refractivity contribution < 1.29 is 4.39 Å². The SMILES string of the molecule is Cc1ccc2nc(CSc3nnc(-c4ccc(F)cc4)c4ccccc34)cn2c1. The van der Waals surface area contributed by atoms with Crippen molar-refractivity contribution in [3.05, 3.63) is 90.1 Å². The van der Waals surface area contributed by atoms with Crippen LogP contribution >= 0.6 is 11.8 Å². The maximum absolute atomic E-state index is 13.3. The molecule has 29 heavy (non-hydrogen) atoms. The van der Waals surface area contributed by atoms with E-state index in [0.717, 1.165) is 38.4 Å². The van der Waals surface area contributed by atoms with Gasteiger partial charge in [-0.25, -0.2) is 9.37 Å². The minimum Gasteiger partial charge on any atom is -0.307 e. The Morgan fingerprint density at radius 2 is 1.69 bits per heavy atom. The lowest BCUT2D eigenvalue weighted by Gasteiger charge is -2.08. The van der Waals surface area contributed by atoms with Crippen LogP contribution < -0.4 is 0 Å². The van der Waals surface area contributed by atoms with E-state index in [1.807, 2.05) is 34.7 Å². The van der Waals surface area contributed by atoms with Gasteiger partial charge in [-0.15, -0.1) is 10.2 Å². The van der Waals surface area contributed by atoms with E-state index < -0.39 is 0 Å². The Morgan fingerprint density at radius 3 is 2.52 bits per heavy atom. The molecular weight excluding hydrogens is 383 g/mol. The number of imidazole rings is 1. The zero-order valence-corrected chi connectivity index (χ0v) is 16.5. The number of rotatable bonds is 4. The first-order valence-electron chi connectivity index (χ1n) is 9.26. The van der Waals surface area contributed by atoms with E-state index in [1.54, 1.807) is 23.9 Å². The van der Waals surface area contributed by atoms with Gasteiger partial charge in [-0.05, 0) is 42.8 Å². The molecule has 2 aromatic carbocycles. The molecule has 0 radical (unpaired) electrons. The van der Waals surface area contributed by atoms with Crippen LogP contribution in [0.1, 0.15) is 11.3 Å². The highest BCUT2D eigenvalue weighted by atomic mass is 32.2. The van der Waals surface area contributed by atoms with Crippen LogP contribution in [-0.4, -0.2) is 19.6 Å². The summed E-state index contributed by atoms with van der Waals surface area (Å²) in [6.45, 7) is 2.07. The predicted molar refractivity (Wildman–Crippen MR) is 114 cm³/mol. The molecular formula is C23H17FN4S. The normalized spacial score (nSPS) is 11.4. The second-order valence-electron chi connectivity index (χ2n) is 6.90. The lowest BCUT2D eigenvalue weighted by Crippen LogP contribution is -1.94. The molecule has 0 atom stereocenters. The molecule has 6 heteroatoms. The zero-order valence-electron chi connectivity index (χ0n) is 15.7. The summed E-state index contributed by atoms with van der Waals surface area (Å²) in [6, 6.07) is 18.5. The van der Waals surface area contributed by atoms with Crippen LogP contribution in [0.4, 0.5) is 4.39 Å². The monoisotopic (exact) mass is 400 g/mol. The fraction of sp³-hybridized carbons (Fsp3) is 0.0870. The predicted octanol–water partition coefficient (Wildman–Crippen LogP) is 5.68. The first-order valence-corrected chi connectivity index (χ1v) is 10.2. The topological polar surface area (TPSA) is 43.1 Å². The standard InChI is InChI=1S/C23H17FN4S/c1-15-6-11-21-25-18(13-28(21)12-15)14-29-23-20-5-3-2-4-19(20)22(26-27-23)16-7-9-17(24)10-8-16/h2-13H,14H2,1H3.